The minimum absolute atomic E-state index is 0.0731. The summed E-state index contributed by atoms with van der Waals surface area (Å²) >= 11 is 0. The summed E-state index contributed by atoms with van der Waals surface area (Å²) in [4.78, 5) is 25.2. The molecule has 8 nitrogen and oxygen atoms in total. The van der Waals surface area contributed by atoms with E-state index in [1.165, 1.54) is 0 Å². The highest BCUT2D eigenvalue weighted by Crippen LogP contribution is 2.26. The number of aryl methyl sites for hydroxylation is 1. The largest absolute Gasteiger partial charge is 0.465 e. The molecule has 1 aliphatic carbocycles. The third-order valence-corrected chi connectivity index (χ3v) is 6.20. The van der Waals surface area contributed by atoms with Gasteiger partial charge < -0.3 is 19.9 Å². The minimum atomic E-state index is -0.281. The van der Waals surface area contributed by atoms with Gasteiger partial charge in [0, 0.05) is 31.9 Å². The second-order valence-corrected chi connectivity index (χ2v) is 8.86. The number of aliphatic hydroxyl groups is 1. The SMILES string of the molecule is CCn1nc(C[C@@H](C)COC(=O)[C@H]2CC[C@H](O)CC2)c2c1C(=O)NCCCOCCC2. The summed E-state index contributed by atoms with van der Waals surface area (Å²) in [7, 11) is 0. The Morgan fingerprint density at radius 2 is 2.03 bits per heavy atom. The maximum atomic E-state index is 12.8. The summed E-state index contributed by atoms with van der Waals surface area (Å²) in [5.74, 6) is -0.236. The summed E-state index contributed by atoms with van der Waals surface area (Å²) < 4.78 is 13.0. The molecule has 1 fully saturated rings. The fourth-order valence-corrected chi connectivity index (χ4v) is 4.41. The quantitative estimate of drug-likeness (QED) is 0.665. The van der Waals surface area contributed by atoms with Crippen molar-refractivity contribution in [2.24, 2.45) is 11.8 Å². The van der Waals surface area contributed by atoms with Crippen molar-refractivity contribution in [1.29, 1.82) is 0 Å². The van der Waals surface area contributed by atoms with Crippen molar-refractivity contribution in [3.63, 3.8) is 0 Å². The van der Waals surface area contributed by atoms with Crippen LogP contribution in [0.25, 0.3) is 0 Å². The maximum Gasteiger partial charge on any atom is 0.308 e. The first-order chi connectivity index (χ1) is 15.0. The molecule has 0 bridgehead atoms. The molecule has 31 heavy (non-hydrogen) atoms. The van der Waals surface area contributed by atoms with Crippen molar-refractivity contribution >= 4 is 11.9 Å². The van der Waals surface area contributed by atoms with Gasteiger partial charge in [0.25, 0.3) is 5.91 Å². The number of esters is 1. The smallest absolute Gasteiger partial charge is 0.308 e. The molecule has 174 valence electrons. The van der Waals surface area contributed by atoms with Crippen LogP contribution in [0.5, 0.6) is 0 Å². The fraction of sp³-hybridized carbons (Fsp3) is 0.783. The molecule has 0 saturated heterocycles. The second-order valence-electron chi connectivity index (χ2n) is 8.86. The number of amides is 1. The number of nitrogens with one attached hydrogen (secondary N) is 1. The van der Waals surface area contributed by atoms with Crippen LogP contribution in [0.1, 0.15) is 74.1 Å². The molecule has 0 unspecified atom stereocenters. The van der Waals surface area contributed by atoms with E-state index >= 15 is 0 Å². The van der Waals surface area contributed by atoms with E-state index in [4.69, 9.17) is 14.6 Å². The molecular weight excluding hydrogens is 398 g/mol. The highest BCUT2D eigenvalue weighted by Gasteiger charge is 2.28. The molecule has 2 heterocycles. The molecule has 3 rings (SSSR count). The molecule has 1 aromatic rings. The van der Waals surface area contributed by atoms with E-state index in [0.29, 0.717) is 70.7 Å². The second kappa shape index (κ2) is 11.6. The van der Waals surface area contributed by atoms with Gasteiger partial charge >= 0.3 is 5.97 Å². The van der Waals surface area contributed by atoms with Gasteiger partial charge in [0.1, 0.15) is 5.69 Å². The number of carbonyl (C=O) groups is 2. The highest BCUT2D eigenvalue weighted by molar-refractivity contribution is 5.94. The number of nitrogens with zero attached hydrogens (tertiary/aromatic N) is 2. The van der Waals surface area contributed by atoms with Crippen molar-refractivity contribution in [3.8, 4) is 0 Å². The van der Waals surface area contributed by atoms with Gasteiger partial charge in [-0.3, -0.25) is 14.3 Å². The number of aromatic nitrogens is 2. The first kappa shape index (κ1) is 23.7. The molecule has 1 amide bonds. The van der Waals surface area contributed by atoms with Crippen LogP contribution in [0, 0.1) is 11.8 Å². The number of fused-ring (bicyclic) bond motifs is 1. The van der Waals surface area contributed by atoms with Crippen molar-refractivity contribution in [2.45, 2.75) is 77.9 Å². The Hall–Kier alpha value is -1.93. The number of hydrogen-bond donors (Lipinski definition) is 2. The highest BCUT2D eigenvalue weighted by atomic mass is 16.5. The van der Waals surface area contributed by atoms with Crippen molar-refractivity contribution < 1.29 is 24.2 Å². The predicted octanol–water partition coefficient (Wildman–Crippen LogP) is 2.26. The van der Waals surface area contributed by atoms with Crippen molar-refractivity contribution in [3.05, 3.63) is 17.0 Å². The van der Waals surface area contributed by atoms with Crippen LogP contribution < -0.4 is 5.32 Å². The number of ether oxygens (including phenoxy) is 2. The Bertz CT molecular complexity index is 740. The minimum Gasteiger partial charge on any atom is -0.465 e. The van der Waals surface area contributed by atoms with E-state index < -0.39 is 0 Å². The lowest BCUT2D eigenvalue weighted by Gasteiger charge is -2.24. The average Bonchev–Trinajstić information content (AvgIpc) is 3.09. The third kappa shape index (κ3) is 6.53. The molecule has 1 saturated carbocycles. The van der Waals surface area contributed by atoms with Crippen LogP contribution in [0.3, 0.4) is 0 Å². The maximum absolute atomic E-state index is 12.8. The summed E-state index contributed by atoms with van der Waals surface area (Å²) in [5, 5.41) is 17.3. The Balaban J connectivity index is 1.64. The molecule has 1 aromatic heterocycles. The molecule has 1 aliphatic heterocycles. The average molecular weight is 436 g/mol. The van der Waals surface area contributed by atoms with E-state index in [0.717, 1.165) is 30.5 Å². The Morgan fingerprint density at radius 3 is 2.77 bits per heavy atom. The molecule has 0 spiro atoms. The topological polar surface area (TPSA) is 103 Å². The Labute approximate surface area is 184 Å². The monoisotopic (exact) mass is 435 g/mol. The van der Waals surface area contributed by atoms with Crippen molar-refractivity contribution in [2.75, 3.05) is 26.4 Å². The zero-order valence-electron chi connectivity index (χ0n) is 18.9. The van der Waals surface area contributed by atoms with E-state index in [1.807, 2.05) is 13.8 Å². The first-order valence-corrected chi connectivity index (χ1v) is 11.8. The van der Waals surface area contributed by atoms with Crippen LogP contribution in [-0.4, -0.2) is 59.2 Å². The van der Waals surface area contributed by atoms with Gasteiger partial charge in [-0.15, -0.1) is 0 Å². The number of aliphatic hydroxyl groups excluding tert-OH is 1. The van der Waals surface area contributed by atoms with Gasteiger partial charge in [0.15, 0.2) is 0 Å². The summed E-state index contributed by atoms with van der Waals surface area (Å²) in [5.41, 5.74) is 2.56. The molecule has 0 aromatic carbocycles. The van der Waals surface area contributed by atoms with Gasteiger partial charge in [-0.2, -0.15) is 5.10 Å². The van der Waals surface area contributed by atoms with Gasteiger partial charge in [0.05, 0.1) is 24.3 Å². The Morgan fingerprint density at radius 1 is 1.29 bits per heavy atom. The van der Waals surface area contributed by atoms with E-state index in [1.54, 1.807) is 4.68 Å². The molecule has 1 atom stereocenters. The van der Waals surface area contributed by atoms with Gasteiger partial charge in [-0.05, 0) is 64.2 Å². The number of rotatable bonds is 6. The lowest BCUT2D eigenvalue weighted by molar-refractivity contribution is -0.151. The van der Waals surface area contributed by atoms with Gasteiger partial charge in [0.2, 0.25) is 0 Å². The van der Waals surface area contributed by atoms with Crippen LogP contribution in [0.2, 0.25) is 0 Å². The van der Waals surface area contributed by atoms with Crippen LogP contribution >= 0.6 is 0 Å². The molecule has 2 aliphatic rings. The van der Waals surface area contributed by atoms with Crippen molar-refractivity contribution in [1.82, 2.24) is 15.1 Å². The Kier molecular flexibility index (Phi) is 8.90. The van der Waals surface area contributed by atoms with E-state index in [2.05, 4.69) is 5.32 Å². The van der Waals surface area contributed by atoms with E-state index in [-0.39, 0.29) is 29.8 Å². The molecule has 0 radical (unpaired) electrons. The third-order valence-electron chi connectivity index (χ3n) is 6.20. The lowest BCUT2D eigenvalue weighted by atomic mass is 9.87. The zero-order valence-corrected chi connectivity index (χ0v) is 18.9. The predicted molar refractivity (Wildman–Crippen MR) is 116 cm³/mol. The standard InChI is InChI=1S/C23H37N3O5/c1-3-26-21-19(6-4-12-30-13-5-11-24-22(21)28)20(25-26)14-16(2)15-31-23(29)17-7-9-18(27)10-8-17/h16-18,27H,3-15H2,1-2H3,(H,24,28)/t16-,17-,18-/m1/s1. The zero-order chi connectivity index (χ0) is 22.2. The van der Waals surface area contributed by atoms with Crippen LogP contribution in [0.15, 0.2) is 0 Å². The summed E-state index contributed by atoms with van der Waals surface area (Å²) in [6.07, 6.45) is 5.49. The van der Waals surface area contributed by atoms with Gasteiger partial charge in [-0.25, -0.2) is 0 Å². The number of hydrogen-bond acceptors (Lipinski definition) is 6. The first-order valence-electron chi connectivity index (χ1n) is 11.8. The molecular formula is C23H37N3O5. The fourth-order valence-electron chi connectivity index (χ4n) is 4.41. The molecule has 2 N–H and O–H groups in total. The summed E-state index contributed by atoms with van der Waals surface area (Å²) in [6.45, 7) is 6.92. The van der Waals surface area contributed by atoms with Gasteiger partial charge in [-0.1, -0.05) is 6.92 Å². The lowest BCUT2D eigenvalue weighted by Crippen LogP contribution is -2.28. The van der Waals surface area contributed by atoms with Crippen LogP contribution in [-0.2, 0) is 33.7 Å². The normalized spacial score (nSPS) is 23.9. The number of carbonyl (C=O) groups excluding carboxylic acids is 2. The molecule has 8 heteroatoms. The van der Waals surface area contributed by atoms with Crippen LogP contribution in [0.4, 0.5) is 0 Å². The van der Waals surface area contributed by atoms with E-state index in [9.17, 15) is 14.7 Å². The summed E-state index contributed by atoms with van der Waals surface area (Å²) in [6, 6.07) is 0.